The van der Waals surface area contributed by atoms with E-state index >= 15 is 0 Å². The van der Waals surface area contributed by atoms with Crippen LogP contribution in [-0.4, -0.2) is 40.1 Å². The number of fused-ring (bicyclic) bond motifs is 1. The number of piperidine rings is 1. The number of nitrogens with zero attached hydrogens (tertiary/aromatic N) is 3. The highest BCUT2D eigenvalue weighted by Crippen LogP contribution is 2.25. The molecule has 0 unspecified atom stereocenters. The van der Waals surface area contributed by atoms with Gasteiger partial charge >= 0.3 is 0 Å². The van der Waals surface area contributed by atoms with Crippen LogP contribution in [0.1, 0.15) is 24.0 Å². The number of rotatable bonds is 6. The van der Waals surface area contributed by atoms with Gasteiger partial charge in [0.25, 0.3) is 5.69 Å². The van der Waals surface area contributed by atoms with Crippen LogP contribution in [0, 0.1) is 16.0 Å². The highest BCUT2D eigenvalue weighted by atomic mass is 16.6. The van der Waals surface area contributed by atoms with Gasteiger partial charge in [-0.1, -0.05) is 42.5 Å². The van der Waals surface area contributed by atoms with Gasteiger partial charge in [-0.3, -0.25) is 19.8 Å². The highest BCUT2D eigenvalue weighted by molar-refractivity contribution is 6.02. The fourth-order valence-corrected chi connectivity index (χ4v) is 4.01. The van der Waals surface area contributed by atoms with Crippen molar-refractivity contribution < 1.29 is 14.8 Å². The number of phenols is 1. The molecule has 32 heavy (non-hydrogen) atoms. The monoisotopic (exact) mass is 432 g/mol. The number of aromatic hydroxyl groups is 1. The summed E-state index contributed by atoms with van der Waals surface area (Å²) in [7, 11) is 0. The molecule has 4 rings (SSSR count). The Balaban J connectivity index is 1.30. The Hall–Kier alpha value is -3.78. The van der Waals surface area contributed by atoms with Crippen LogP contribution in [0.3, 0.4) is 0 Å². The lowest BCUT2D eigenvalue weighted by Gasteiger charge is -2.30. The lowest BCUT2D eigenvalue weighted by Crippen LogP contribution is -2.39. The number of amides is 1. The van der Waals surface area contributed by atoms with Crippen molar-refractivity contribution in [3.63, 3.8) is 0 Å². The van der Waals surface area contributed by atoms with Crippen LogP contribution in [0.4, 0.5) is 5.69 Å². The van der Waals surface area contributed by atoms with Crippen molar-refractivity contribution in [2.75, 3.05) is 13.1 Å². The van der Waals surface area contributed by atoms with E-state index in [2.05, 4.69) is 15.4 Å². The second kappa shape index (κ2) is 9.57. The Morgan fingerprint density at radius 1 is 1.12 bits per heavy atom. The summed E-state index contributed by atoms with van der Waals surface area (Å²) in [6, 6.07) is 17.7. The lowest BCUT2D eigenvalue weighted by molar-refractivity contribution is -0.384. The molecule has 1 aliphatic rings. The fourth-order valence-electron chi connectivity index (χ4n) is 4.01. The standard InChI is InChI=1S/C24H24N4O4/c29-23-10-7-18-3-1-2-4-21(18)22(23)15-25-26-24(30)19-11-13-27(14-12-19)16-17-5-8-20(9-6-17)28(31)32/h1-10,15,19,29H,11-14,16H2,(H,26,30)/b25-15-. The van der Waals surface area contributed by atoms with Crippen molar-refractivity contribution in [2.24, 2.45) is 11.0 Å². The quantitative estimate of drug-likeness (QED) is 0.350. The normalized spacial score (nSPS) is 15.2. The van der Waals surface area contributed by atoms with E-state index in [0.717, 1.165) is 29.4 Å². The first-order valence-corrected chi connectivity index (χ1v) is 10.5. The van der Waals surface area contributed by atoms with Crippen molar-refractivity contribution in [1.29, 1.82) is 0 Å². The first-order valence-electron chi connectivity index (χ1n) is 10.5. The molecule has 0 radical (unpaired) electrons. The molecular formula is C24H24N4O4. The van der Waals surface area contributed by atoms with Gasteiger partial charge in [-0.15, -0.1) is 0 Å². The second-order valence-corrected chi connectivity index (χ2v) is 7.93. The molecule has 0 atom stereocenters. The zero-order valence-corrected chi connectivity index (χ0v) is 17.5. The van der Waals surface area contributed by atoms with Crippen LogP contribution in [0.15, 0.2) is 65.8 Å². The number of carbonyl (C=O) groups excluding carboxylic acids is 1. The number of nitro groups is 1. The minimum atomic E-state index is -0.405. The van der Waals surface area contributed by atoms with Crippen LogP contribution >= 0.6 is 0 Å². The largest absolute Gasteiger partial charge is 0.507 e. The van der Waals surface area contributed by atoms with Crippen molar-refractivity contribution in [1.82, 2.24) is 10.3 Å². The number of carbonyl (C=O) groups is 1. The molecule has 1 saturated heterocycles. The molecule has 1 heterocycles. The molecule has 0 aromatic heterocycles. The molecule has 1 fully saturated rings. The maximum absolute atomic E-state index is 12.5. The van der Waals surface area contributed by atoms with Gasteiger partial charge < -0.3 is 5.11 Å². The summed E-state index contributed by atoms with van der Waals surface area (Å²) < 4.78 is 0. The van der Waals surface area contributed by atoms with Crippen LogP contribution in [0.25, 0.3) is 10.8 Å². The molecule has 2 N–H and O–H groups in total. The molecule has 3 aromatic carbocycles. The van der Waals surface area contributed by atoms with E-state index in [-0.39, 0.29) is 23.3 Å². The van der Waals surface area contributed by atoms with E-state index in [9.17, 15) is 20.0 Å². The molecule has 164 valence electrons. The molecular weight excluding hydrogens is 408 g/mol. The summed E-state index contributed by atoms with van der Waals surface area (Å²) in [4.78, 5) is 25.1. The van der Waals surface area contributed by atoms with Crippen molar-refractivity contribution in [3.05, 3.63) is 81.9 Å². The van der Waals surface area contributed by atoms with Crippen molar-refractivity contribution in [2.45, 2.75) is 19.4 Å². The molecule has 0 saturated carbocycles. The first-order chi connectivity index (χ1) is 15.5. The van der Waals surface area contributed by atoms with Gasteiger partial charge in [0.2, 0.25) is 5.91 Å². The van der Waals surface area contributed by atoms with Crippen LogP contribution in [0.2, 0.25) is 0 Å². The molecule has 0 spiro atoms. The third-order valence-corrected chi connectivity index (χ3v) is 5.83. The molecule has 3 aromatic rings. The smallest absolute Gasteiger partial charge is 0.269 e. The predicted octanol–water partition coefficient (Wildman–Crippen LogP) is 3.82. The molecule has 8 heteroatoms. The zero-order valence-electron chi connectivity index (χ0n) is 17.5. The lowest BCUT2D eigenvalue weighted by atomic mass is 9.96. The number of non-ortho nitro benzene ring substituents is 1. The van der Waals surface area contributed by atoms with E-state index in [1.807, 2.05) is 30.3 Å². The molecule has 1 amide bonds. The van der Waals surface area contributed by atoms with E-state index in [1.165, 1.54) is 18.3 Å². The topological polar surface area (TPSA) is 108 Å². The number of hydrogen-bond donors (Lipinski definition) is 2. The van der Waals surface area contributed by atoms with Gasteiger partial charge in [0.1, 0.15) is 5.75 Å². The van der Waals surface area contributed by atoms with Crippen LogP contribution in [-0.2, 0) is 11.3 Å². The summed E-state index contributed by atoms with van der Waals surface area (Å²) in [6.45, 7) is 2.23. The van der Waals surface area contributed by atoms with Gasteiger partial charge in [0, 0.05) is 30.2 Å². The summed E-state index contributed by atoms with van der Waals surface area (Å²) >= 11 is 0. The fraction of sp³-hybridized carbons (Fsp3) is 0.250. The minimum Gasteiger partial charge on any atom is -0.507 e. The predicted molar refractivity (Wildman–Crippen MR) is 122 cm³/mol. The van der Waals surface area contributed by atoms with E-state index in [0.29, 0.717) is 24.9 Å². The van der Waals surface area contributed by atoms with Gasteiger partial charge in [0.05, 0.1) is 11.1 Å². The van der Waals surface area contributed by atoms with Crippen molar-refractivity contribution >= 4 is 28.6 Å². The van der Waals surface area contributed by atoms with Crippen LogP contribution in [0.5, 0.6) is 5.75 Å². The summed E-state index contributed by atoms with van der Waals surface area (Å²) in [5.41, 5.74) is 4.28. The Morgan fingerprint density at radius 2 is 1.84 bits per heavy atom. The van der Waals surface area contributed by atoms with E-state index in [4.69, 9.17) is 0 Å². The third kappa shape index (κ3) is 4.92. The molecule has 1 aliphatic heterocycles. The SMILES string of the molecule is O=C(N/N=C\c1c(O)ccc2ccccc12)C1CCN(Cc2ccc([N+](=O)[O-])cc2)CC1. The van der Waals surface area contributed by atoms with Crippen LogP contribution < -0.4 is 5.43 Å². The molecule has 0 bridgehead atoms. The maximum Gasteiger partial charge on any atom is 0.269 e. The Morgan fingerprint density at radius 3 is 2.56 bits per heavy atom. The van der Waals surface area contributed by atoms with E-state index in [1.54, 1.807) is 18.2 Å². The zero-order chi connectivity index (χ0) is 22.5. The average molecular weight is 432 g/mol. The van der Waals surface area contributed by atoms with Gasteiger partial charge in [-0.05, 0) is 48.3 Å². The second-order valence-electron chi connectivity index (χ2n) is 7.93. The number of hydrogen-bond acceptors (Lipinski definition) is 6. The number of nitro benzene ring substituents is 1. The average Bonchev–Trinajstić information content (AvgIpc) is 2.81. The maximum atomic E-state index is 12.5. The number of likely N-dealkylation sites (tertiary alicyclic amines) is 1. The summed E-state index contributed by atoms with van der Waals surface area (Å²) in [5.74, 6) is -0.140. The molecule has 8 nitrogen and oxygen atoms in total. The highest BCUT2D eigenvalue weighted by Gasteiger charge is 2.25. The van der Waals surface area contributed by atoms with Crippen molar-refractivity contribution in [3.8, 4) is 5.75 Å². The number of benzene rings is 3. The molecule has 0 aliphatic carbocycles. The van der Waals surface area contributed by atoms with Gasteiger partial charge in [0.15, 0.2) is 0 Å². The van der Waals surface area contributed by atoms with Gasteiger partial charge in [-0.2, -0.15) is 5.10 Å². The Labute approximate surface area is 185 Å². The minimum absolute atomic E-state index is 0.0847. The Kier molecular flexibility index (Phi) is 6.42. The number of phenolic OH excluding ortho intramolecular Hbond substituents is 1. The Bertz CT molecular complexity index is 1150. The van der Waals surface area contributed by atoms with Gasteiger partial charge in [-0.25, -0.2) is 5.43 Å². The summed E-state index contributed by atoms with van der Waals surface area (Å²) in [5, 5.41) is 26.9. The third-order valence-electron chi connectivity index (χ3n) is 5.83. The number of hydrazone groups is 1. The number of nitrogens with one attached hydrogen (secondary N) is 1. The summed E-state index contributed by atoms with van der Waals surface area (Å²) in [6.07, 6.45) is 2.92. The van der Waals surface area contributed by atoms with E-state index < -0.39 is 4.92 Å². The first kappa shape index (κ1) is 21.5.